The Kier molecular flexibility index (Phi) is 8.58. The van der Waals surface area contributed by atoms with Crippen molar-refractivity contribution in [1.82, 2.24) is 20.1 Å². The number of nitrogens with one attached hydrogen (secondary N) is 1. The van der Waals surface area contributed by atoms with E-state index in [1.165, 1.54) is 22.9 Å². The Morgan fingerprint density at radius 3 is 2.40 bits per heavy atom. The number of benzene rings is 1. The number of carbonyl (C=O) groups is 2. The normalized spacial score (nSPS) is 13.0. The smallest absolute Gasteiger partial charge is 0.408 e. The van der Waals surface area contributed by atoms with Gasteiger partial charge in [-0.05, 0) is 37.3 Å². The second-order valence-electron chi connectivity index (χ2n) is 7.69. The molecule has 1 aromatic carbocycles. The van der Waals surface area contributed by atoms with Crippen molar-refractivity contribution in [3.05, 3.63) is 60.7 Å². The van der Waals surface area contributed by atoms with Gasteiger partial charge in [0.1, 0.15) is 12.7 Å². The molecule has 0 aliphatic rings. The van der Waals surface area contributed by atoms with Crippen LogP contribution in [0.5, 0.6) is 0 Å². The molecule has 0 saturated heterocycles. The van der Waals surface area contributed by atoms with Crippen molar-refractivity contribution >= 4 is 12.1 Å². The van der Waals surface area contributed by atoms with Crippen molar-refractivity contribution in [3.8, 4) is 0 Å². The number of carbonyl (C=O) groups excluding carboxylic acids is 2. The maximum atomic E-state index is 12.5. The van der Waals surface area contributed by atoms with Gasteiger partial charge in [0.25, 0.3) is 0 Å². The van der Waals surface area contributed by atoms with Gasteiger partial charge in [-0.15, -0.1) is 6.58 Å². The van der Waals surface area contributed by atoms with Crippen molar-refractivity contribution in [2.75, 3.05) is 0 Å². The van der Waals surface area contributed by atoms with E-state index in [2.05, 4.69) is 35.8 Å². The minimum Gasteiger partial charge on any atom is -0.460 e. The molecule has 1 heterocycles. The predicted molar refractivity (Wildman–Crippen MR) is 113 cm³/mol. The van der Waals surface area contributed by atoms with Crippen LogP contribution in [0.2, 0.25) is 0 Å². The van der Waals surface area contributed by atoms with E-state index in [0.717, 1.165) is 12.0 Å². The molecule has 8 heteroatoms. The van der Waals surface area contributed by atoms with Gasteiger partial charge in [0, 0.05) is 0 Å². The SMILES string of the molecule is C=C[C@H](NC(=O)O[C@H](Cn1cncn1)C(=O)OC(C)C)c1ccc(CC(C)C)cc1. The Bertz CT molecular complexity index is 816. The van der Waals surface area contributed by atoms with Crippen LogP contribution in [-0.2, 0) is 27.2 Å². The highest BCUT2D eigenvalue weighted by molar-refractivity contribution is 5.79. The number of esters is 1. The van der Waals surface area contributed by atoms with Crippen molar-refractivity contribution < 1.29 is 19.1 Å². The van der Waals surface area contributed by atoms with Gasteiger partial charge in [-0.1, -0.05) is 44.2 Å². The summed E-state index contributed by atoms with van der Waals surface area (Å²) in [4.78, 5) is 28.7. The lowest BCUT2D eigenvalue weighted by molar-refractivity contribution is -0.158. The molecule has 0 aliphatic heterocycles. The van der Waals surface area contributed by atoms with Crippen LogP contribution in [0.3, 0.4) is 0 Å². The van der Waals surface area contributed by atoms with E-state index in [0.29, 0.717) is 5.92 Å². The number of nitrogens with zero attached hydrogens (tertiary/aromatic N) is 3. The van der Waals surface area contributed by atoms with Gasteiger partial charge in [0.2, 0.25) is 6.10 Å². The van der Waals surface area contributed by atoms with E-state index in [1.807, 2.05) is 24.3 Å². The van der Waals surface area contributed by atoms with Crippen LogP contribution in [0, 0.1) is 5.92 Å². The van der Waals surface area contributed by atoms with E-state index < -0.39 is 24.2 Å². The Morgan fingerprint density at radius 1 is 1.17 bits per heavy atom. The fourth-order valence-corrected chi connectivity index (χ4v) is 2.87. The first-order chi connectivity index (χ1) is 14.3. The molecule has 2 rings (SSSR count). The zero-order valence-electron chi connectivity index (χ0n) is 17.9. The van der Waals surface area contributed by atoms with Gasteiger partial charge < -0.3 is 14.8 Å². The third-order valence-corrected chi connectivity index (χ3v) is 4.18. The van der Waals surface area contributed by atoms with Gasteiger partial charge in [-0.25, -0.2) is 19.3 Å². The largest absolute Gasteiger partial charge is 0.460 e. The first-order valence-corrected chi connectivity index (χ1v) is 10.00. The fourth-order valence-electron chi connectivity index (χ4n) is 2.87. The van der Waals surface area contributed by atoms with Crippen molar-refractivity contribution in [1.29, 1.82) is 0 Å². The predicted octanol–water partition coefficient (Wildman–Crippen LogP) is 3.45. The minimum absolute atomic E-state index is 0.00162. The molecule has 2 atom stereocenters. The van der Waals surface area contributed by atoms with Crippen LogP contribution in [0.25, 0.3) is 0 Å². The molecule has 1 N–H and O–H groups in total. The highest BCUT2D eigenvalue weighted by Crippen LogP contribution is 2.17. The van der Waals surface area contributed by atoms with Crippen molar-refractivity contribution in [2.45, 2.75) is 58.9 Å². The third kappa shape index (κ3) is 7.35. The maximum absolute atomic E-state index is 12.5. The first-order valence-electron chi connectivity index (χ1n) is 10.00. The molecule has 0 saturated carbocycles. The number of hydrogen-bond acceptors (Lipinski definition) is 6. The second kappa shape index (κ2) is 11.1. The number of aromatic nitrogens is 3. The first kappa shape index (κ1) is 23.1. The van der Waals surface area contributed by atoms with Crippen LogP contribution in [-0.4, -0.2) is 39.0 Å². The molecule has 2 aromatic rings. The Morgan fingerprint density at radius 2 is 1.87 bits per heavy atom. The fraction of sp³-hybridized carbons (Fsp3) is 0.455. The molecular formula is C22H30N4O4. The van der Waals surface area contributed by atoms with E-state index in [-0.39, 0.29) is 12.6 Å². The monoisotopic (exact) mass is 414 g/mol. The van der Waals surface area contributed by atoms with E-state index in [1.54, 1.807) is 19.9 Å². The molecule has 0 spiro atoms. The van der Waals surface area contributed by atoms with E-state index in [9.17, 15) is 9.59 Å². The number of amides is 1. The molecule has 162 valence electrons. The molecule has 0 fully saturated rings. The lowest BCUT2D eigenvalue weighted by Gasteiger charge is -2.21. The summed E-state index contributed by atoms with van der Waals surface area (Å²) < 4.78 is 12.0. The molecule has 1 amide bonds. The number of ether oxygens (including phenoxy) is 2. The van der Waals surface area contributed by atoms with E-state index in [4.69, 9.17) is 9.47 Å². The van der Waals surface area contributed by atoms with Gasteiger partial charge in [-0.3, -0.25) is 0 Å². The minimum atomic E-state index is -1.16. The standard InChI is InChI=1S/C22H30N4O4/c1-6-19(18-9-7-17(8-10-18)11-15(2)3)25-22(28)30-20(21(27)29-16(4)5)12-26-14-23-13-24-26/h6-10,13-16,19-20H,1,11-12H2,2-5H3,(H,25,28)/t19-,20+/m0/s1. The van der Waals surface area contributed by atoms with Crippen LogP contribution < -0.4 is 5.32 Å². The summed E-state index contributed by atoms with van der Waals surface area (Å²) in [7, 11) is 0. The average molecular weight is 415 g/mol. The number of hydrogen-bond donors (Lipinski definition) is 1. The molecule has 0 radical (unpaired) electrons. The van der Waals surface area contributed by atoms with Crippen LogP contribution in [0.1, 0.15) is 44.9 Å². The molecule has 30 heavy (non-hydrogen) atoms. The highest BCUT2D eigenvalue weighted by Gasteiger charge is 2.27. The Labute approximate surface area is 177 Å². The Hall–Kier alpha value is -3.16. The lowest BCUT2D eigenvalue weighted by atomic mass is 9.99. The molecule has 0 bridgehead atoms. The summed E-state index contributed by atoms with van der Waals surface area (Å²) in [6.07, 6.45) is 3.11. The second-order valence-corrected chi connectivity index (χ2v) is 7.69. The van der Waals surface area contributed by atoms with E-state index >= 15 is 0 Å². The summed E-state index contributed by atoms with van der Waals surface area (Å²) in [5.74, 6) is -0.0875. The molecule has 8 nitrogen and oxygen atoms in total. The van der Waals surface area contributed by atoms with Crippen molar-refractivity contribution in [2.24, 2.45) is 5.92 Å². The van der Waals surface area contributed by atoms with Crippen LogP contribution in [0.15, 0.2) is 49.6 Å². The number of rotatable bonds is 10. The maximum Gasteiger partial charge on any atom is 0.408 e. The molecule has 0 aliphatic carbocycles. The summed E-state index contributed by atoms with van der Waals surface area (Å²) in [5, 5.41) is 6.68. The van der Waals surface area contributed by atoms with Gasteiger partial charge in [0.15, 0.2) is 0 Å². The Balaban J connectivity index is 2.04. The van der Waals surface area contributed by atoms with Gasteiger partial charge in [0.05, 0.1) is 18.7 Å². The van der Waals surface area contributed by atoms with Crippen molar-refractivity contribution in [3.63, 3.8) is 0 Å². The van der Waals surface area contributed by atoms with Gasteiger partial charge >= 0.3 is 12.1 Å². The van der Waals surface area contributed by atoms with Gasteiger partial charge in [-0.2, -0.15) is 5.10 Å². The van der Waals surface area contributed by atoms with Crippen LogP contribution in [0.4, 0.5) is 4.79 Å². The summed E-state index contributed by atoms with van der Waals surface area (Å²) >= 11 is 0. The highest BCUT2D eigenvalue weighted by atomic mass is 16.6. The number of alkyl carbamates (subject to hydrolysis) is 1. The summed E-state index contributed by atoms with van der Waals surface area (Å²) in [6, 6.07) is 7.51. The van der Waals surface area contributed by atoms with Crippen LogP contribution >= 0.6 is 0 Å². The molecule has 1 aromatic heterocycles. The zero-order valence-corrected chi connectivity index (χ0v) is 17.9. The summed E-state index contributed by atoms with van der Waals surface area (Å²) in [5.41, 5.74) is 2.09. The lowest BCUT2D eigenvalue weighted by Crippen LogP contribution is -2.39. The topological polar surface area (TPSA) is 95.3 Å². The molecule has 0 unspecified atom stereocenters. The zero-order chi connectivity index (χ0) is 22.1. The summed E-state index contributed by atoms with van der Waals surface area (Å²) in [6.45, 7) is 11.6. The quantitative estimate of drug-likeness (QED) is 0.473. The third-order valence-electron chi connectivity index (χ3n) is 4.18. The molecular weight excluding hydrogens is 384 g/mol. The average Bonchev–Trinajstić information content (AvgIpc) is 3.18.